The van der Waals surface area contributed by atoms with Crippen LogP contribution in [0.25, 0.3) is 0 Å². The summed E-state index contributed by atoms with van der Waals surface area (Å²) < 4.78 is 10.0. The summed E-state index contributed by atoms with van der Waals surface area (Å²) in [6.45, 7) is 4.91. The Morgan fingerprint density at radius 3 is 2.81 bits per heavy atom. The fourth-order valence-electron chi connectivity index (χ4n) is 1.68. The summed E-state index contributed by atoms with van der Waals surface area (Å²) in [5.41, 5.74) is 1.06. The number of carbonyl (C=O) groups is 1. The van der Waals surface area contributed by atoms with Crippen LogP contribution in [0.2, 0.25) is 0 Å². The van der Waals surface area contributed by atoms with E-state index in [1.807, 2.05) is 31.9 Å². The minimum absolute atomic E-state index is 0.156. The van der Waals surface area contributed by atoms with Gasteiger partial charge in [0, 0.05) is 12.1 Å². The molecule has 0 bridgehead atoms. The number of esters is 1. The van der Waals surface area contributed by atoms with E-state index in [9.17, 15) is 4.79 Å². The summed E-state index contributed by atoms with van der Waals surface area (Å²) >= 11 is 0. The SMILES string of the molecule is CCOC(=O)C(CC)N(C)Cc1ccoc1. The molecule has 0 saturated heterocycles. The number of hydrogen-bond donors (Lipinski definition) is 0. The van der Waals surface area contributed by atoms with Gasteiger partial charge in [0.2, 0.25) is 0 Å². The highest BCUT2D eigenvalue weighted by Crippen LogP contribution is 2.10. The maximum Gasteiger partial charge on any atom is 0.323 e. The van der Waals surface area contributed by atoms with Gasteiger partial charge in [-0.1, -0.05) is 6.92 Å². The molecule has 16 heavy (non-hydrogen) atoms. The third-order valence-electron chi connectivity index (χ3n) is 2.49. The fourth-order valence-corrected chi connectivity index (χ4v) is 1.68. The zero-order valence-corrected chi connectivity index (χ0v) is 10.1. The molecule has 0 aliphatic heterocycles. The molecule has 0 radical (unpaired) electrons. The van der Waals surface area contributed by atoms with Crippen molar-refractivity contribution < 1.29 is 13.9 Å². The predicted molar refractivity (Wildman–Crippen MR) is 60.9 cm³/mol. The van der Waals surface area contributed by atoms with Crippen LogP contribution in [-0.4, -0.2) is 30.6 Å². The van der Waals surface area contributed by atoms with Gasteiger partial charge in [-0.05, 0) is 26.5 Å². The second-order valence-corrected chi connectivity index (χ2v) is 3.72. The van der Waals surface area contributed by atoms with E-state index in [0.717, 1.165) is 12.0 Å². The van der Waals surface area contributed by atoms with E-state index in [4.69, 9.17) is 9.15 Å². The number of furan rings is 1. The summed E-state index contributed by atoms with van der Waals surface area (Å²) in [5.74, 6) is -0.156. The Kier molecular flexibility index (Phi) is 5.05. The molecule has 1 atom stereocenters. The van der Waals surface area contributed by atoms with Crippen molar-refractivity contribution >= 4 is 5.97 Å². The molecule has 0 spiro atoms. The van der Waals surface area contributed by atoms with Crippen molar-refractivity contribution in [3.8, 4) is 0 Å². The lowest BCUT2D eigenvalue weighted by Gasteiger charge is -2.24. The first-order valence-electron chi connectivity index (χ1n) is 5.57. The highest BCUT2D eigenvalue weighted by molar-refractivity contribution is 5.75. The molecule has 0 aromatic carbocycles. The summed E-state index contributed by atoms with van der Waals surface area (Å²) in [4.78, 5) is 13.6. The third kappa shape index (κ3) is 3.38. The molecule has 1 rings (SSSR count). The molecule has 90 valence electrons. The second kappa shape index (κ2) is 6.33. The second-order valence-electron chi connectivity index (χ2n) is 3.72. The van der Waals surface area contributed by atoms with Gasteiger partial charge in [0.1, 0.15) is 6.04 Å². The van der Waals surface area contributed by atoms with Gasteiger partial charge in [-0.2, -0.15) is 0 Å². The zero-order chi connectivity index (χ0) is 12.0. The Morgan fingerprint density at radius 2 is 2.31 bits per heavy atom. The van der Waals surface area contributed by atoms with Gasteiger partial charge in [-0.3, -0.25) is 9.69 Å². The predicted octanol–water partition coefficient (Wildman–Crippen LogP) is 2.05. The van der Waals surface area contributed by atoms with Crippen molar-refractivity contribution in [2.24, 2.45) is 0 Å². The van der Waals surface area contributed by atoms with E-state index < -0.39 is 0 Å². The van der Waals surface area contributed by atoms with Crippen molar-refractivity contribution in [1.82, 2.24) is 4.90 Å². The molecule has 0 N–H and O–H groups in total. The molecule has 1 aromatic rings. The zero-order valence-electron chi connectivity index (χ0n) is 10.1. The number of likely N-dealkylation sites (N-methyl/N-ethyl adjacent to an activating group) is 1. The first-order valence-corrected chi connectivity index (χ1v) is 5.57. The minimum Gasteiger partial charge on any atom is -0.472 e. The lowest BCUT2D eigenvalue weighted by molar-refractivity contribution is -0.149. The Bertz CT molecular complexity index is 308. The van der Waals surface area contributed by atoms with Crippen LogP contribution in [0, 0.1) is 0 Å². The van der Waals surface area contributed by atoms with Gasteiger partial charge in [-0.15, -0.1) is 0 Å². The van der Waals surface area contributed by atoms with Crippen LogP contribution in [0.3, 0.4) is 0 Å². The molecule has 0 amide bonds. The van der Waals surface area contributed by atoms with Gasteiger partial charge in [0.15, 0.2) is 0 Å². The van der Waals surface area contributed by atoms with E-state index in [1.54, 1.807) is 12.5 Å². The molecule has 1 heterocycles. The molecule has 1 unspecified atom stereocenters. The lowest BCUT2D eigenvalue weighted by atomic mass is 10.2. The smallest absolute Gasteiger partial charge is 0.323 e. The van der Waals surface area contributed by atoms with E-state index in [2.05, 4.69) is 0 Å². The molecule has 0 fully saturated rings. The Morgan fingerprint density at radius 1 is 1.56 bits per heavy atom. The summed E-state index contributed by atoms with van der Waals surface area (Å²) in [7, 11) is 1.91. The molecule has 4 heteroatoms. The molecule has 0 saturated carbocycles. The monoisotopic (exact) mass is 225 g/mol. The average molecular weight is 225 g/mol. The van der Waals surface area contributed by atoms with Crippen LogP contribution in [0.4, 0.5) is 0 Å². The molecular weight excluding hydrogens is 206 g/mol. The van der Waals surface area contributed by atoms with E-state index in [-0.39, 0.29) is 12.0 Å². The van der Waals surface area contributed by atoms with Gasteiger partial charge < -0.3 is 9.15 Å². The van der Waals surface area contributed by atoms with Crippen LogP contribution in [0.5, 0.6) is 0 Å². The lowest BCUT2D eigenvalue weighted by Crippen LogP contribution is -2.38. The maximum atomic E-state index is 11.7. The number of carbonyl (C=O) groups excluding carboxylic acids is 1. The van der Waals surface area contributed by atoms with E-state index in [1.165, 1.54) is 0 Å². The van der Waals surface area contributed by atoms with Gasteiger partial charge in [-0.25, -0.2) is 0 Å². The minimum atomic E-state index is -0.185. The van der Waals surface area contributed by atoms with E-state index in [0.29, 0.717) is 13.2 Å². The molecule has 1 aromatic heterocycles. The fraction of sp³-hybridized carbons (Fsp3) is 0.583. The Hall–Kier alpha value is -1.29. The average Bonchev–Trinajstić information content (AvgIpc) is 2.71. The normalized spacial score (nSPS) is 12.8. The summed E-state index contributed by atoms with van der Waals surface area (Å²) in [6.07, 6.45) is 4.07. The van der Waals surface area contributed by atoms with Crippen molar-refractivity contribution in [3.63, 3.8) is 0 Å². The maximum absolute atomic E-state index is 11.7. The quantitative estimate of drug-likeness (QED) is 0.695. The first kappa shape index (κ1) is 12.8. The van der Waals surface area contributed by atoms with Gasteiger partial charge in [0.25, 0.3) is 0 Å². The topological polar surface area (TPSA) is 42.7 Å². The van der Waals surface area contributed by atoms with Crippen LogP contribution >= 0.6 is 0 Å². The molecule has 0 aliphatic carbocycles. The molecule has 0 aliphatic rings. The number of rotatable bonds is 6. The van der Waals surface area contributed by atoms with Gasteiger partial charge >= 0.3 is 5.97 Å². The van der Waals surface area contributed by atoms with Crippen LogP contribution in [0.1, 0.15) is 25.8 Å². The van der Waals surface area contributed by atoms with Crippen molar-refractivity contribution in [2.45, 2.75) is 32.9 Å². The van der Waals surface area contributed by atoms with Crippen LogP contribution in [0.15, 0.2) is 23.0 Å². The van der Waals surface area contributed by atoms with Crippen LogP contribution < -0.4 is 0 Å². The highest BCUT2D eigenvalue weighted by Gasteiger charge is 2.22. The Balaban J connectivity index is 2.55. The first-order chi connectivity index (χ1) is 7.69. The van der Waals surface area contributed by atoms with Gasteiger partial charge in [0.05, 0.1) is 19.1 Å². The van der Waals surface area contributed by atoms with Crippen LogP contribution in [-0.2, 0) is 16.1 Å². The number of hydrogen-bond acceptors (Lipinski definition) is 4. The number of nitrogens with zero attached hydrogens (tertiary/aromatic N) is 1. The highest BCUT2D eigenvalue weighted by atomic mass is 16.5. The Labute approximate surface area is 96.2 Å². The molecular formula is C12H19NO3. The largest absolute Gasteiger partial charge is 0.472 e. The summed E-state index contributed by atoms with van der Waals surface area (Å²) in [6, 6.07) is 1.71. The van der Waals surface area contributed by atoms with Crippen molar-refractivity contribution in [2.75, 3.05) is 13.7 Å². The van der Waals surface area contributed by atoms with Crippen molar-refractivity contribution in [3.05, 3.63) is 24.2 Å². The van der Waals surface area contributed by atoms with Crippen molar-refractivity contribution in [1.29, 1.82) is 0 Å². The summed E-state index contributed by atoms with van der Waals surface area (Å²) in [5, 5.41) is 0. The molecule has 4 nitrogen and oxygen atoms in total. The standard InChI is InChI=1S/C12H19NO3/c1-4-11(12(14)16-5-2)13(3)8-10-6-7-15-9-10/h6-7,9,11H,4-5,8H2,1-3H3. The van der Waals surface area contributed by atoms with E-state index >= 15 is 0 Å². The number of ether oxygens (including phenoxy) is 1. The third-order valence-corrected chi connectivity index (χ3v) is 2.49.